The fourth-order valence-corrected chi connectivity index (χ4v) is 2.30. The Hall–Kier alpha value is -1.17. The van der Waals surface area contributed by atoms with Crippen LogP contribution < -0.4 is 16.0 Å². The fourth-order valence-electron chi connectivity index (χ4n) is 1.29. The van der Waals surface area contributed by atoms with Gasteiger partial charge in [0, 0.05) is 23.7 Å². The Kier molecular flexibility index (Phi) is 4.23. The summed E-state index contributed by atoms with van der Waals surface area (Å²) in [5, 5.41) is 7.96. The van der Waals surface area contributed by atoms with Gasteiger partial charge in [-0.15, -0.1) is 0 Å². The molecule has 5 nitrogen and oxygen atoms in total. The molecule has 0 unspecified atom stereocenters. The van der Waals surface area contributed by atoms with Crippen molar-refractivity contribution in [1.82, 2.24) is 16.0 Å². The molecule has 1 aliphatic rings. The lowest BCUT2D eigenvalue weighted by Crippen LogP contribution is -2.46. The number of rotatable bonds is 6. The van der Waals surface area contributed by atoms with E-state index in [9.17, 15) is 9.59 Å². The smallest absolute Gasteiger partial charge is 0.322 e. The Morgan fingerprint density at radius 2 is 2.25 bits per heavy atom. The molecule has 0 spiro atoms. The monoisotopic (exact) mass is 243 g/mol. The molecule has 0 bridgehead atoms. The Morgan fingerprint density at radius 1 is 1.56 bits per heavy atom. The van der Waals surface area contributed by atoms with Crippen LogP contribution in [0.4, 0.5) is 4.79 Å². The fraction of sp³-hybridized carbons (Fsp3) is 0.600. The maximum absolute atomic E-state index is 11.4. The molecule has 0 radical (unpaired) electrons. The molecule has 6 heteroatoms. The Labute approximate surface area is 99.4 Å². The number of thioether (sulfide) groups is 1. The minimum Gasteiger partial charge on any atom is -0.388 e. The van der Waals surface area contributed by atoms with E-state index in [1.165, 1.54) is 0 Å². The molecule has 1 atom stereocenters. The van der Waals surface area contributed by atoms with Crippen molar-refractivity contribution >= 4 is 23.7 Å². The number of carbonyl (C=O) groups excluding carboxylic acids is 2. The van der Waals surface area contributed by atoms with Gasteiger partial charge in [0.25, 0.3) is 5.91 Å². The van der Waals surface area contributed by atoms with Gasteiger partial charge < -0.3 is 10.6 Å². The van der Waals surface area contributed by atoms with Crippen molar-refractivity contribution in [2.45, 2.75) is 19.4 Å². The highest BCUT2D eigenvalue weighted by molar-refractivity contribution is 7.99. The number of nitrogens with one attached hydrogen (secondary N) is 3. The van der Waals surface area contributed by atoms with E-state index < -0.39 is 11.6 Å². The van der Waals surface area contributed by atoms with Gasteiger partial charge in [0.2, 0.25) is 0 Å². The first-order valence-electron chi connectivity index (χ1n) is 5.05. The van der Waals surface area contributed by atoms with Crippen LogP contribution in [0.25, 0.3) is 0 Å². The predicted octanol–water partition coefficient (Wildman–Crippen LogP) is 0.441. The highest BCUT2D eigenvalue weighted by Crippen LogP contribution is 2.16. The van der Waals surface area contributed by atoms with Crippen molar-refractivity contribution < 1.29 is 9.59 Å². The summed E-state index contributed by atoms with van der Waals surface area (Å²) in [6.45, 7) is 8.16. The van der Waals surface area contributed by atoms with Gasteiger partial charge in [0.05, 0.1) is 0 Å². The second-order valence-electron chi connectivity index (χ2n) is 4.00. The van der Waals surface area contributed by atoms with Crippen molar-refractivity contribution in [3.05, 3.63) is 12.3 Å². The van der Waals surface area contributed by atoms with E-state index in [-0.39, 0.29) is 5.91 Å². The Bertz CT molecular complexity index is 319. The molecule has 1 heterocycles. The summed E-state index contributed by atoms with van der Waals surface area (Å²) in [6, 6.07) is -0.409. The molecular weight excluding hydrogens is 226 g/mol. The standard InChI is InChI=1S/C10H17N3O2S/c1-7(2)11-4-5-16-6-10(3)8(14)12-9(15)13-10/h11H,1,4-6H2,2-3H3,(H2,12,13,14,15)/t10-/m0/s1. The summed E-state index contributed by atoms with van der Waals surface area (Å²) >= 11 is 1.62. The topological polar surface area (TPSA) is 70.2 Å². The minimum atomic E-state index is -0.773. The van der Waals surface area contributed by atoms with Crippen molar-refractivity contribution in [2.75, 3.05) is 18.1 Å². The Morgan fingerprint density at radius 3 is 2.75 bits per heavy atom. The third-order valence-corrected chi connectivity index (χ3v) is 3.46. The van der Waals surface area contributed by atoms with Crippen molar-refractivity contribution in [3.8, 4) is 0 Å². The zero-order chi connectivity index (χ0) is 12.2. The van der Waals surface area contributed by atoms with Crippen LogP contribution in [0.1, 0.15) is 13.8 Å². The van der Waals surface area contributed by atoms with Gasteiger partial charge in [-0.2, -0.15) is 11.8 Å². The molecule has 1 aliphatic heterocycles. The SMILES string of the molecule is C=C(C)NCCSC[C@]1(C)NC(=O)NC1=O. The van der Waals surface area contributed by atoms with Crippen molar-refractivity contribution in [3.63, 3.8) is 0 Å². The zero-order valence-electron chi connectivity index (χ0n) is 9.55. The van der Waals surface area contributed by atoms with E-state index in [4.69, 9.17) is 0 Å². The first-order valence-corrected chi connectivity index (χ1v) is 6.20. The minimum absolute atomic E-state index is 0.252. The highest BCUT2D eigenvalue weighted by Gasteiger charge is 2.41. The van der Waals surface area contributed by atoms with E-state index in [1.807, 2.05) is 6.92 Å². The van der Waals surface area contributed by atoms with Crippen LogP contribution >= 0.6 is 11.8 Å². The number of imide groups is 1. The largest absolute Gasteiger partial charge is 0.388 e. The van der Waals surface area contributed by atoms with E-state index in [1.54, 1.807) is 18.7 Å². The molecule has 3 N–H and O–H groups in total. The summed E-state index contributed by atoms with van der Waals surface area (Å²) in [4.78, 5) is 22.4. The average Bonchev–Trinajstić information content (AvgIpc) is 2.39. The molecule has 3 amide bonds. The van der Waals surface area contributed by atoms with Gasteiger partial charge >= 0.3 is 6.03 Å². The molecule has 0 aromatic carbocycles. The van der Waals surface area contributed by atoms with Crippen molar-refractivity contribution in [1.29, 1.82) is 0 Å². The third-order valence-electron chi connectivity index (χ3n) is 2.18. The van der Waals surface area contributed by atoms with Gasteiger partial charge in [0.15, 0.2) is 0 Å². The molecule has 90 valence electrons. The normalized spacial score (nSPS) is 23.9. The quantitative estimate of drug-likeness (QED) is 0.468. The number of carbonyl (C=O) groups is 2. The third kappa shape index (κ3) is 3.44. The lowest BCUT2D eigenvalue weighted by atomic mass is 10.1. The van der Waals surface area contributed by atoms with Gasteiger partial charge in [-0.25, -0.2) is 4.79 Å². The van der Waals surface area contributed by atoms with Crippen LogP contribution in [0.5, 0.6) is 0 Å². The maximum Gasteiger partial charge on any atom is 0.322 e. The first-order chi connectivity index (χ1) is 7.44. The lowest BCUT2D eigenvalue weighted by Gasteiger charge is -2.19. The second-order valence-corrected chi connectivity index (χ2v) is 5.11. The van der Waals surface area contributed by atoms with Crippen LogP contribution in [0, 0.1) is 0 Å². The number of amides is 3. The van der Waals surface area contributed by atoms with Crippen LogP contribution in [0.2, 0.25) is 0 Å². The van der Waals surface area contributed by atoms with Gasteiger partial charge in [-0.3, -0.25) is 10.1 Å². The second kappa shape index (κ2) is 5.25. The first kappa shape index (κ1) is 12.9. The Balaban J connectivity index is 2.24. The molecule has 0 aromatic rings. The predicted molar refractivity (Wildman–Crippen MR) is 65.2 cm³/mol. The van der Waals surface area contributed by atoms with Crippen LogP contribution in [-0.2, 0) is 4.79 Å². The molecule has 0 aromatic heterocycles. The molecule has 16 heavy (non-hydrogen) atoms. The van der Waals surface area contributed by atoms with Crippen LogP contribution in [0.3, 0.4) is 0 Å². The molecule has 1 rings (SSSR count). The zero-order valence-corrected chi connectivity index (χ0v) is 10.4. The highest BCUT2D eigenvalue weighted by atomic mass is 32.2. The van der Waals surface area contributed by atoms with Crippen LogP contribution in [-0.4, -0.2) is 35.5 Å². The van der Waals surface area contributed by atoms with E-state index in [0.29, 0.717) is 5.75 Å². The summed E-state index contributed by atoms with van der Waals surface area (Å²) in [6.07, 6.45) is 0. The number of hydrogen-bond acceptors (Lipinski definition) is 4. The van der Waals surface area contributed by atoms with E-state index in [2.05, 4.69) is 22.5 Å². The van der Waals surface area contributed by atoms with E-state index >= 15 is 0 Å². The molecular formula is C10H17N3O2S. The maximum atomic E-state index is 11.4. The summed E-state index contributed by atoms with van der Waals surface area (Å²) in [5.74, 6) is 1.19. The van der Waals surface area contributed by atoms with Crippen LogP contribution in [0.15, 0.2) is 12.3 Å². The molecule has 0 aliphatic carbocycles. The van der Waals surface area contributed by atoms with Gasteiger partial charge in [0.1, 0.15) is 5.54 Å². The molecule has 0 saturated carbocycles. The molecule has 1 fully saturated rings. The van der Waals surface area contributed by atoms with Gasteiger partial charge in [-0.1, -0.05) is 6.58 Å². The number of urea groups is 1. The number of allylic oxidation sites excluding steroid dienone is 1. The lowest BCUT2D eigenvalue weighted by molar-refractivity contribution is -0.122. The van der Waals surface area contributed by atoms with E-state index in [0.717, 1.165) is 18.0 Å². The summed E-state index contributed by atoms with van der Waals surface area (Å²) in [5.41, 5.74) is 0.157. The molecule has 1 saturated heterocycles. The average molecular weight is 243 g/mol. The summed E-state index contributed by atoms with van der Waals surface area (Å²) < 4.78 is 0. The summed E-state index contributed by atoms with van der Waals surface area (Å²) in [7, 11) is 0. The number of hydrogen-bond donors (Lipinski definition) is 3. The van der Waals surface area contributed by atoms with Gasteiger partial charge in [-0.05, 0) is 13.8 Å². The van der Waals surface area contributed by atoms with Crippen molar-refractivity contribution in [2.24, 2.45) is 0 Å².